The molecule has 0 aromatic carbocycles. The third-order valence-electron chi connectivity index (χ3n) is 12.2. The van der Waals surface area contributed by atoms with Crippen LogP contribution in [0, 0.1) is 0 Å². The van der Waals surface area contributed by atoms with Gasteiger partial charge in [-0.2, -0.15) is 0 Å². The molecule has 0 aromatic heterocycles. The fourth-order valence-electron chi connectivity index (χ4n) is 8.17. The number of carbonyl (C=O) groups is 2. The van der Waals surface area contributed by atoms with Gasteiger partial charge in [-0.25, -0.2) is 0 Å². The zero-order chi connectivity index (χ0) is 44.5. The highest BCUT2D eigenvalue weighted by atomic mass is 16.5. The van der Waals surface area contributed by atoms with E-state index in [1.807, 2.05) is 0 Å². The molecular weight excluding hydrogens is 755 g/mol. The molecule has 0 saturated heterocycles. The van der Waals surface area contributed by atoms with Crippen molar-refractivity contribution in [2.24, 2.45) is 0 Å². The van der Waals surface area contributed by atoms with Crippen molar-refractivity contribution in [1.29, 1.82) is 0 Å². The number of amides is 1. The van der Waals surface area contributed by atoms with E-state index in [1.165, 1.54) is 154 Å². The summed E-state index contributed by atoms with van der Waals surface area (Å²) in [5.41, 5.74) is 0. The van der Waals surface area contributed by atoms with Crippen LogP contribution < -0.4 is 5.32 Å². The van der Waals surface area contributed by atoms with Gasteiger partial charge in [-0.3, -0.25) is 9.59 Å². The number of unbranched alkanes of at least 4 members (excludes halogenated alkanes) is 30. The van der Waals surface area contributed by atoms with E-state index >= 15 is 0 Å². The molecule has 6 heteroatoms. The predicted octanol–water partition coefficient (Wildman–Crippen LogP) is 16.1. The molecule has 0 aliphatic carbocycles. The molecule has 1 amide bonds. The monoisotopic (exact) mass is 858 g/mol. The summed E-state index contributed by atoms with van der Waals surface area (Å²) >= 11 is 0. The van der Waals surface area contributed by atoms with Gasteiger partial charge in [0.25, 0.3) is 0 Å². The summed E-state index contributed by atoms with van der Waals surface area (Å²) in [5, 5.41) is 23.8. The first-order chi connectivity index (χ1) is 30.0. The average Bonchev–Trinajstić information content (AvgIpc) is 3.25. The van der Waals surface area contributed by atoms with Crippen LogP contribution in [0.25, 0.3) is 0 Å². The minimum absolute atomic E-state index is 0.0712. The first kappa shape index (κ1) is 59.1. The smallest absolute Gasteiger partial charge is 0.306 e. The molecule has 3 atom stereocenters. The third kappa shape index (κ3) is 44.5. The molecule has 3 N–H and O–H groups in total. The van der Waals surface area contributed by atoms with E-state index in [4.69, 9.17) is 4.74 Å². The van der Waals surface area contributed by atoms with Gasteiger partial charge in [0.05, 0.1) is 25.2 Å². The molecule has 0 aliphatic rings. The third-order valence-corrected chi connectivity index (χ3v) is 12.2. The summed E-state index contributed by atoms with van der Waals surface area (Å²) < 4.78 is 5.94. The van der Waals surface area contributed by atoms with E-state index in [0.29, 0.717) is 19.3 Å². The van der Waals surface area contributed by atoms with Gasteiger partial charge >= 0.3 is 5.97 Å². The lowest BCUT2D eigenvalue weighted by molar-refractivity contribution is -0.151. The molecule has 0 aliphatic heterocycles. The second-order valence-electron chi connectivity index (χ2n) is 18.2. The molecule has 6 nitrogen and oxygen atoms in total. The Kier molecular flexibility index (Phi) is 47.6. The maximum atomic E-state index is 13.2. The number of allylic oxidation sites excluding steroid dienone is 6. The van der Waals surface area contributed by atoms with Crippen molar-refractivity contribution in [2.75, 3.05) is 6.61 Å². The Bertz CT molecular complexity index is 1010. The first-order valence-corrected chi connectivity index (χ1v) is 26.7. The zero-order valence-electron chi connectivity index (χ0n) is 40.8. The van der Waals surface area contributed by atoms with Crippen LogP contribution >= 0.6 is 0 Å². The first-order valence-electron chi connectivity index (χ1n) is 26.7. The van der Waals surface area contributed by atoms with Gasteiger partial charge in [0.2, 0.25) is 5.91 Å². The molecule has 0 rings (SSSR count). The van der Waals surface area contributed by atoms with Crippen LogP contribution in [-0.2, 0) is 14.3 Å². The van der Waals surface area contributed by atoms with Gasteiger partial charge in [-0.1, -0.05) is 224 Å². The number of aliphatic hydroxyl groups excluding tert-OH is 2. The summed E-state index contributed by atoms with van der Waals surface area (Å²) in [6, 6.07) is -0.703. The van der Waals surface area contributed by atoms with Crippen LogP contribution in [0.1, 0.15) is 278 Å². The maximum absolute atomic E-state index is 13.2. The van der Waals surface area contributed by atoms with Crippen molar-refractivity contribution >= 4 is 11.9 Å². The topological polar surface area (TPSA) is 95.9 Å². The molecule has 358 valence electrons. The highest BCUT2D eigenvalue weighted by Crippen LogP contribution is 2.18. The van der Waals surface area contributed by atoms with Crippen LogP contribution in [0.5, 0.6) is 0 Å². The molecular formula is C55H103NO5. The fraction of sp³-hybridized carbons (Fsp3) is 0.855. The summed E-state index contributed by atoms with van der Waals surface area (Å²) in [6.07, 6.45) is 57.7. The largest absolute Gasteiger partial charge is 0.462 e. The Hall–Kier alpha value is -1.92. The van der Waals surface area contributed by atoms with E-state index in [1.54, 1.807) is 0 Å². The molecule has 0 radical (unpaired) electrons. The number of rotatable bonds is 48. The SMILES string of the molecule is CC/C=C/C/C=C/CCCCCCCCCC(=O)OC(CCCCCCC/C=C/CCCCCCCC)CC(=O)NC(CO)C(O)CCCCCCCCCCCCCCC. The van der Waals surface area contributed by atoms with Crippen molar-refractivity contribution in [3.05, 3.63) is 36.5 Å². The molecule has 0 heterocycles. The summed E-state index contributed by atoms with van der Waals surface area (Å²) in [6.45, 7) is 6.39. The van der Waals surface area contributed by atoms with Gasteiger partial charge in [0, 0.05) is 6.42 Å². The van der Waals surface area contributed by atoms with Crippen molar-refractivity contribution in [3.63, 3.8) is 0 Å². The number of hydrogen-bond donors (Lipinski definition) is 3. The molecule has 61 heavy (non-hydrogen) atoms. The Balaban J connectivity index is 4.58. The minimum atomic E-state index is -0.789. The number of ether oxygens (including phenoxy) is 1. The highest BCUT2D eigenvalue weighted by molar-refractivity contribution is 5.77. The van der Waals surface area contributed by atoms with E-state index in [-0.39, 0.29) is 24.9 Å². The van der Waals surface area contributed by atoms with E-state index in [0.717, 1.165) is 77.0 Å². The molecule has 0 bridgehead atoms. The maximum Gasteiger partial charge on any atom is 0.306 e. The van der Waals surface area contributed by atoms with Gasteiger partial charge in [0.15, 0.2) is 0 Å². The van der Waals surface area contributed by atoms with Crippen molar-refractivity contribution in [3.8, 4) is 0 Å². The number of esters is 1. The summed E-state index contributed by atoms with van der Waals surface area (Å²) in [5.74, 6) is -0.481. The van der Waals surface area contributed by atoms with Crippen LogP contribution in [-0.4, -0.2) is 46.9 Å². The quantitative estimate of drug-likeness (QED) is 0.0322. The second kappa shape index (κ2) is 49.1. The lowest BCUT2D eigenvalue weighted by Crippen LogP contribution is -2.46. The van der Waals surface area contributed by atoms with Crippen LogP contribution in [0.4, 0.5) is 0 Å². The van der Waals surface area contributed by atoms with Gasteiger partial charge in [-0.05, 0) is 77.0 Å². The summed E-state index contributed by atoms with van der Waals surface area (Å²) in [7, 11) is 0. The molecule has 0 spiro atoms. The summed E-state index contributed by atoms with van der Waals surface area (Å²) in [4.78, 5) is 26.2. The van der Waals surface area contributed by atoms with Crippen molar-refractivity contribution in [1.82, 2.24) is 5.32 Å². The zero-order valence-corrected chi connectivity index (χ0v) is 40.8. The van der Waals surface area contributed by atoms with Crippen LogP contribution in [0.3, 0.4) is 0 Å². The lowest BCUT2D eigenvalue weighted by Gasteiger charge is -2.24. The van der Waals surface area contributed by atoms with Crippen molar-refractivity contribution < 1.29 is 24.5 Å². The highest BCUT2D eigenvalue weighted by Gasteiger charge is 2.24. The number of nitrogens with one attached hydrogen (secondary N) is 1. The number of aliphatic hydroxyl groups is 2. The number of hydrogen-bond acceptors (Lipinski definition) is 5. The van der Waals surface area contributed by atoms with E-state index in [2.05, 4.69) is 62.5 Å². The normalized spacial score (nSPS) is 13.5. The number of carbonyl (C=O) groups excluding carboxylic acids is 2. The molecule has 0 aromatic rings. The fourth-order valence-corrected chi connectivity index (χ4v) is 8.17. The minimum Gasteiger partial charge on any atom is -0.462 e. The van der Waals surface area contributed by atoms with Crippen LogP contribution in [0.2, 0.25) is 0 Å². The Morgan fingerprint density at radius 1 is 0.492 bits per heavy atom. The average molecular weight is 858 g/mol. The molecule has 3 unspecified atom stereocenters. The van der Waals surface area contributed by atoms with E-state index in [9.17, 15) is 19.8 Å². The van der Waals surface area contributed by atoms with Crippen LogP contribution in [0.15, 0.2) is 36.5 Å². The standard InChI is InChI=1S/C55H103NO5/c1-4-7-10-13-16-19-22-25-27-29-31-34-37-40-43-46-51(61-55(60)48-45-42-39-36-33-30-26-23-20-17-14-11-8-5-2)49-54(59)56-52(50-57)53(58)47-44-41-38-35-32-28-24-21-18-15-12-9-6-3/h8,11,17,20,25,27,51-53,57-58H,4-7,9-10,12-16,18-19,21-24,26,28-50H2,1-3H3,(H,56,59)/b11-8+,20-17+,27-25+. The Morgan fingerprint density at radius 2 is 0.885 bits per heavy atom. The molecule has 0 saturated carbocycles. The van der Waals surface area contributed by atoms with Gasteiger partial charge < -0.3 is 20.3 Å². The van der Waals surface area contributed by atoms with Gasteiger partial charge in [-0.15, -0.1) is 0 Å². The van der Waals surface area contributed by atoms with Gasteiger partial charge in [0.1, 0.15) is 6.10 Å². The Morgan fingerprint density at radius 3 is 1.34 bits per heavy atom. The van der Waals surface area contributed by atoms with E-state index < -0.39 is 18.2 Å². The lowest BCUT2D eigenvalue weighted by atomic mass is 10.0. The second-order valence-corrected chi connectivity index (χ2v) is 18.2. The van der Waals surface area contributed by atoms with Crippen molar-refractivity contribution in [2.45, 2.75) is 296 Å². The predicted molar refractivity (Wildman–Crippen MR) is 264 cm³/mol. The Labute approximate surface area is 379 Å². The molecule has 0 fully saturated rings.